The summed E-state index contributed by atoms with van der Waals surface area (Å²) in [6, 6.07) is 6.68. The molecule has 2 saturated heterocycles. The third kappa shape index (κ3) is 4.29. The Morgan fingerprint density at radius 3 is 2.42 bits per heavy atom. The van der Waals surface area contributed by atoms with Crippen LogP contribution in [-0.4, -0.2) is 63.6 Å². The van der Waals surface area contributed by atoms with Crippen LogP contribution in [0.5, 0.6) is 0 Å². The van der Waals surface area contributed by atoms with Crippen LogP contribution in [0.2, 0.25) is 5.02 Å². The molecule has 24 heavy (non-hydrogen) atoms. The number of morpholine rings is 1. The highest BCUT2D eigenvalue weighted by atomic mass is 35.5. The minimum atomic E-state index is -3.48. The van der Waals surface area contributed by atoms with Gasteiger partial charge in [-0.3, -0.25) is 4.90 Å². The lowest BCUT2D eigenvalue weighted by molar-refractivity contribution is 0.0343. The van der Waals surface area contributed by atoms with E-state index in [1.54, 1.807) is 28.6 Å². The lowest BCUT2D eigenvalue weighted by Gasteiger charge is -2.33. The average molecular weight is 373 g/mol. The van der Waals surface area contributed by atoms with E-state index in [1.807, 2.05) is 0 Å². The van der Waals surface area contributed by atoms with Gasteiger partial charge in [0.15, 0.2) is 0 Å². The van der Waals surface area contributed by atoms with Crippen molar-refractivity contribution in [2.75, 3.05) is 45.9 Å². The summed E-state index contributed by atoms with van der Waals surface area (Å²) in [7, 11) is -3.48. The van der Waals surface area contributed by atoms with Crippen LogP contribution in [0.3, 0.4) is 0 Å². The highest BCUT2D eigenvalue weighted by Gasteiger charge is 2.30. The second-order valence-electron chi connectivity index (χ2n) is 6.52. The van der Waals surface area contributed by atoms with Gasteiger partial charge in [-0.1, -0.05) is 23.7 Å². The van der Waals surface area contributed by atoms with Crippen molar-refractivity contribution in [3.63, 3.8) is 0 Å². The van der Waals surface area contributed by atoms with Crippen molar-refractivity contribution < 1.29 is 13.2 Å². The molecule has 1 aromatic rings. The van der Waals surface area contributed by atoms with E-state index >= 15 is 0 Å². The number of rotatable bonds is 5. The van der Waals surface area contributed by atoms with Crippen LogP contribution in [0.25, 0.3) is 0 Å². The zero-order valence-electron chi connectivity index (χ0n) is 13.9. The largest absolute Gasteiger partial charge is 0.379 e. The SMILES string of the molecule is O=S(=O)(c1ccccc1Cl)N1CCC(CCN2CCOCC2)CC1. The number of benzene rings is 1. The molecule has 1 aromatic carbocycles. The Labute approximate surface area is 149 Å². The fraction of sp³-hybridized carbons (Fsp3) is 0.647. The fourth-order valence-electron chi connectivity index (χ4n) is 3.42. The van der Waals surface area contributed by atoms with E-state index in [-0.39, 0.29) is 4.90 Å². The molecule has 0 saturated carbocycles. The van der Waals surface area contributed by atoms with Crippen molar-refractivity contribution >= 4 is 21.6 Å². The number of hydrogen-bond acceptors (Lipinski definition) is 4. The Balaban J connectivity index is 1.52. The Kier molecular flexibility index (Phi) is 6.16. The molecule has 0 N–H and O–H groups in total. The predicted molar refractivity (Wildman–Crippen MR) is 94.8 cm³/mol. The third-order valence-electron chi connectivity index (χ3n) is 4.99. The summed E-state index contributed by atoms with van der Waals surface area (Å²) in [5.41, 5.74) is 0. The van der Waals surface area contributed by atoms with Crippen LogP contribution >= 0.6 is 11.6 Å². The Morgan fingerprint density at radius 1 is 1.08 bits per heavy atom. The molecular weight excluding hydrogens is 348 g/mol. The minimum Gasteiger partial charge on any atom is -0.379 e. The number of nitrogens with zero attached hydrogens (tertiary/aromatic N) is 2. The van der Waals surface area contributed by atoms with Crippen LogP contribution in [0, 0.1) is 5.92 Å². The highest BCUT2D eigenvalue weighted by Crippen LogP contribution is 2.29. The maximum absolute atomic E-state index is 12.7. The first-order valence-corrected chi connectivity index (χ1v) is 10.4. The summed E-state index contributed by atoms with van der Waals surface area (Å²) >= 11 is 6.07. The molecule has 2 fully saturated rings. The summed E-state index contributed by atoms with van der Waals surface area (Å²) in [5, 5.41) is 0.298. The second kappa shape index (κ2) is 8.15. The molecule has 2 aliphatic rings. The zero-order chi connectivity index (χ0) is 17.0. The number of ether oxygens (including phenoxy) is 1. The van der Waals surface area contributed by atoms with E-state index < -0.39 is 10.0 Å². The Hall–Kier alpha value is -0.660. The van der Waals surface area contributed by atoms with Gasteiger partial charge >= 0.3 is 0 Å². The summed E-state index contributed by atoms with van der Waals surface area (Å²) in [6.07, 6.45) is 2.99. The molecule has 0 bridgehead atoms. The molecule has 0 amide bonds. The van der Waals surface area contributed by atoms with Crippen LogP contribution in [0.4, 0.5) is 0 Å². The fourth-order valence-corrected chi connectivity index (χ4v) is 5.38. The van der Waals surface area contributed by atoms with Crippen molar-refractivity contribution in [2.24, 2.45) is 5.92 Å². The third-order valence-corrected chi connectivity index (χ3v) is 7.38. The molecule has 0 aromatic heterocycles. The number of halogens is 1. The quantitative estimate of drug-likeness (QED) is 0.796. The lowest BCUT2D eigenvalue weighted by Crippen LogP contribution is -2.40. The first-order valence-electron chi connectivity index (χ1n) is 8.62. The topological polar surface area (TPSA) is 49.9 Å². The van der Waals surface area contributed by atoms with Crippen molar-refractivity contribution in [3.05, 3.63) is 29.3 Å². The average Bonchev–Trinajstić information content (AvgIpc) is 2.61. The van der Waals surface area contributed by atoms with Gasteiger partial charge in [0, 0.05) is 26.2 Å². The van der Waals surface area contributed by atoms with E-state index in [9.17, 15) is 8.42 Å². The van der Waals surface area contributed by atoms with E-state index in [2.05, 4.69) is 4.90 Å². The Morgan fingerprint density at radius 2 is 1.75 bits per heavy atom. The van der Waals surface area contributed by atoms with E-state index in [4.69, 9.17) is 16.3 Å². The van der Waals surface area contributed by atoms with Crippen molar-refractivity contribution in [1.82, 2.24) is 9.21 Å². The summed E-state index contributed by atoms with van der Waals surface area (Å²) < 4.78 is 32.4. The van der Waals surface area contributed by atoms with Gasteiger partial charge in [0.2, 0.25) is 10.0 Å². The number of hydrogen-bond donors (Lipinski definition) is 0. The van der Waals surface area contributed by atoms with E-state index in [1.165, 1.54) is 0 Å². The first kappa shape index (κ1) is 18.1. The van der Waals surface area contributed by atoms with Gasteiger partial charge in [-0.05, 0) is 43.9 Å². The van der Waals surface area contributed by atoms with Crippen LogP contribution < -0.4 is 0 Å². The maximum atomic E-state index is 12.7. The van der Waals surface area contributed by atoms with Crippen molar-refractivity contribution in [2.45, 2.75) is 24.2 Å². The summed E-state index contributed by atoms with van der Waals surface area (Å²) in [5.74, 6) is 0.602. The number of sulfonamides is 1. The van der Waals surface area contributed by atoms with Crippen LogP contribution in [0.15, 0.2) is 29.2 Å². The number of piperidine rings is 1. The maximum Gasteiger partial charge on any atom is 0.244 e. The Bertz CT molecular complexity index is 639. The molecular formula is C17H25ClN2O3S. The highest BCUT2D eigenvalue weighted by molar-refractivity contribution is 7.89. The van der Waals surface area contributed by atoms with Gasteiger partial charge in [0.25, 0.3) is 0 Å². The molecule has 0 atom stereocenters. The van der Waals surface area contributed by atoms with Gasteiger partial charge in [0.05, 0.1) is 18.2 Å². The molecule has 3 rings (SSSR count). The molecule has 0 unspecified atom stereocenters. The second-order valence-corrected chi connectivity index (χ2v) is 8.83. The molecule has 2 aliphatic heterocycles. The minimum absolute atomic E-state index is 0.221. The molecule has 0 aliphatic carbocycles. The van der Waals surface area contributed by atoms with Gasteiger partial charge in [-0.2, -0.15) is 4.31 Å². The molecule has 0 spiro atoms. The molecule has 2 heterocycles. The lowest BCUT2D eigenvalue weighted by atomic mass is 9.94. The van der Waals surface area contributed by atoms with Crippen LogP contribution in [-0.2, 0) is 14.8 Å². The normalized spacial score (nSPS) is 21.9. The standard InChI is InChI=1S/C17H25ClN2O3S/c18-16-3-1-2-4-17(16)24(21,22)20-9-6-15(7-10-20)5-8-19-11-13-23-14-12-19/h1-4,15H,5-14H2. The molecule has 0 radical (unpaired) electrons. The van der Waals surface area contributed by atoms with Gasteiger partial charge in [0.1, 0.15) is 4.90 Å². The van der Waals surface area contributed by atoms with Crippen molar-refractivity contribution in [3.8, 4) is 0 Å². The van der Waals surface area contributed by atoms with Crippen molar-refractivity contribution in [1.29, 1.82) is 0 Å². The van der Waals surface area contributed by atoms with Gasteiger partial charge in [-0.15, -0.1) is 0 Å². The smallest absolute Gasteiger partial charge is 0.244 e. The first-order chi connectivity index (χ1) is 11.6. The van der Waals surface area contributed by atoms with Gasteiger partial charge < -0.3 is 4.74 Å². The van der Waals surface area contributed by atoms with Crippen LogP contribution in [0.1, 0.15) is 19.3 Å². The summed E-state index contributed by atoms with van der Waals surface area (Å²) in [4.78, 5) is 2.66. The predicted octanol–water partition coefficient (Wildman–Crippen LogP) is 2.46. The van der Waals surface area contributed by atoms with Gasteiger partial charge in [-0.25, -0.2) is 8.42 Å². The summed E-state index contributed by atoms with van der Waals surface area (Å²) in [6.45, 7) is 5.94. The zero-order valence-corrected chi connectivity index (χ0v) is 15.4. The van der Waals surface area contributed by atoms with E-state index in [0.29, 0.717) is 24.0 Å². The molecule has 134 valence electrons. The molecule has 5 nitrogen and oxygen atoms in total. The molecule has 7 heteroatoms. The monoisotopic (exact) mass is 372 g/mol. The van der Waals surface area contributed by atoms with E-state index in [0.717, 1.165) is 52.1 Å².